The third-order valence-corrected chi connectivity index (χ3v) is 4.36. The number of aromatic nitrogens is 2. The lowest BCUT2D eigenvalue weighted by Gasteiger charge is -2.14. The van der Waals surface area contributed by atoms with Crippen LogP contribution in [0.5, 0.6) is 0 Å². The van der Waals surface area contributed by atoms with E-state index in [1.54, 1.807) is 6.20 Å². The minimum atomic E-state index is 0.128. The molecule has 0 saturated carbocycles. The molecule has 1 heterocycles. The largest absolute Gasteiger partial charge is 0.349 e. The second-order valence-electron chi connectivity index (χ2n) is 5.37. The quantitative estimate of drug-likeness (QED) is 0.902. The molecule has 1 aromatic heterocycles. The highest BCUT2D eigenvalue weighted by molar-refractivity contribution is 9.10. The van der Waals surface area contributed by atoms with Gasteiger partial charge in [-0.2, -0.15) is 5.10 Å². The Morgan fingerprint density at radius 2 is 2.38 bits per heavy atom. The van der Waals surface area contributed by atoms with E-state index in [-0.39, 0.29) is 11.9 Å². The Labute approximate surface area is 132 Å². The van der Waals surface area contributed by atoms with Gasteiger partial charge in [0.25, 0.3) is 0 Å². The molecular formula is C16H18BrN3O. The zero-order valence-corrected chi connectivity index (χ0v) is 13.3. The van der Waals surface area contributed by atoms with Gasteiger partial charge in [0, 0.05) is 29.8 Å². The van der Waals surface area contributed by atoms with Crippen LogP contribution in [0.15, 0.2) is 41.1 Å². The second kappa shape index (κ2) is 6.43. The number of amides is 1. The van der Waals surface area contributed by atoms with Crippen LogP contribution < -0.4 is 5.32 Å². The van der Waals surface area contributed by atoms with Gasteiger partial charge < -0.3 is 5.32 Å². The normalized spacial score (nSPS) is 16.7. The van der Waals surface area contributed by atoms with E-state index in [1.165, 1.54) is 11.1 Å². The molecule has 0 fully saturated rings. The fraction of sp³-hybridized carbons (Fsp3) is 0.375. The van der Waals surface area contributed by atoms with Crippen molar-refractivity contribution in [3.63, 3.8) is 0 Å². The van der Waals surface area contributed by atoms with E-state index in [0.29, 0.717) is 6.42 Å². The third kappa shape index (κ3) is 3.53. The van der Waals surface area contributed by atoms with Gasteiger partial charge in [-0.25, -0.2) is 0 Å². The van der Waals surface area contributed by atoms with Crippen LogP contribution in [0.1, 0.15) is 36.4 Å². The van der Waals surface area contributed by atoms with Crippen LogP contribution in [0.25, 0.3) is 0 Å². The predicted octanol–water partition coefficient (Wildman–Crippen LogP) is 3.23. The number of fused-ring (bicyclic) bond motifs is 1. The molecule has 0 bridgehead atoms. The van der Waals surface area contributed by atoms with Crippen molar-refractivity contribution in [2.75, 3.05) is 0 Å². The van der Waals surface area contributed by atoms with Crippen molar-refractivity contribution < 1.29 is 4.79 Å². The Balaban J connectivity index is 1.50. The highest BCUT2D eigenvalue weighted by Crippen LogP contribution is 2.32. The summed E-state index contributed by atoms with van der Waals surface area (Å²) in [5.74, 6) is 0.128. The summed E-state index contributed by atoms with van der Waals surface area (Å²) in [6.45, 7) is 0.786. The molecule has 1 N–H and O–H groups in total. The first-order chi connectivity index (χ1) is 10.2. The summed E-state index contributed by atoms with van der Waals surface area (Å²) < 4.78 is 2.96. The van der Waals surface area contributed by atoms with E-state index in [0.717, 1.165) is 30.3 Å². The minimum Gasteiger partial charge on any atom is -0.349 e. The Bertz CT molecular complexity index is 624. The highest BCUT2D eigenvalue weighted by atomic mass is 79.9. The Kier molecular flexibility index (Phi) is 4.39. The summed E-state index contributed by atoms with van der Waals surface area (Å²) in [6, 6.07) is 8.37. The summed E-state index contributed by atoms with van der Waals surface area (Å²) in [6.07, 6.45) is 7.07. The number of carbonyl (C=O) groups excluding carboxylic acids is 1. The van der Waals surface area contributed by atoms with Crippen molar-refractivity contribution in [3.8, 4) is 0 Å². The van der Waals surface area contributed by atoms with Gasteiger partial charge in [-0.1, -0.05) is 22.0 Å². The smallest absolute Gasteiger partial charge is 0.220 e. The van der Waals surface area contributed by atoms with Crippen molar-refractivity contribution in [3.05, 3.63) is 52.3 Å². The zero-order chi connectivity index (χ0) is 14.7. The fourth-order valence-corrected chi connectivity index (χ4v) is 3.25. The van der Waals surface area contributed by atoms with E-state index < -0.39 is 0 Å². The molecular weight excluding hydrogens is 330 g/mol. The van der Waals surface area contributed by atoms with Crippen molar-refractivity contribution in [2.45, 2.75) is 38.3 Å². The van der Waals surface area contributed by atoms with Crippen molar-refractivity contribution in [1.82, 2.24) is 15.1 Å². The SMILES string of the molecule is O=C(CCCn1cccn1)NC1CCc2cc(Br)ccc21. The topological polar surface area (TPSA) is 46.9 Å². The number of aryl methyl sites for hydroxylation is 2. The molecule has 1 atom stereocenters. The van der Waals surface area contributed by atoms with Crippen LogP contribution in [0.2, 0.25) is 0 Å². The van der Waals surface area contributed by atoms with E-state index in [4.69, 9.17) is 0 Å². The molecule has 4 nitrogen and oxygen atoms in total. The molecule has 2 aromatic rings. The first-order valence-electron chi connectivity index (χ1n) is 7.27. The molecule has 0 aliphatic heterocycles. The van der Waals surface area contributed by atoms with Gasteiger partial charge in [0.1, 0.15) is 0 Å². The number of nitrogens with one attached hydrogen (secondary N) is 1. The van der Waals surface area contributed by atoms with Gasteiger partial charge >= 0.3 is 0 Å². The molecule has 1 unspecified atom stereocenters. The molecule has 0 spiro atoms. The van der Waals surface area contributed by atoms with Gasteiger partial charge in [0.05, 0.1) is 6.04 Å². The van der Waals surface area contributed by atoms with Gasteiger partial charge in [-0.3, -0.25) is 9.48 Å². The molecule has 3 rings (SSSR count). The van der Waals surface area contributed by atoms with Crippen LogP contribution in [-0.2, 0) is 17.8 Å². The van der Waals surface area contributed by atoms with Crippen LogP contribution in [0.4, 0.5) is 0 Å². The fourth-order valence-electron chi connectivity index (χ4n) is 2.84. The molecule has 0 radical (unpaired) electrons. The Morgan fingerprint density at radius 1 is 1.48 bits per heavy atom. The Hall–Kier alpha value is -1.62. The number of hydrogen-bond acceptors (Lipinski definition) is 2. The Morgan fingerprint density at radius 3 is 3.19 bits per heavy atom. The van der Waals surface area contributed by atoms with Crippen LogP contribution in [0, 0.1) is 0 Å². The maximum atomic E-state index is 12.1. The molecule has 1 aromatic carbocycles. The first-order valence-corrected chi connectivity index (χ1v) is 8.07. The third-order valence-electron chi connectivity index (χ3n) is 3.87. The lowest BCUT2D eigenvalue weighted by molar-refractivity contribution is -0.122. The molecule has 0 saturated heterocycles. The summed E-state index contributed by atoms with van der Waals surface area (Å²) in [5.41, 5.74) is 2.60. The molecule has 1 aliphatic rings. The number of benzene rings is 1. The first kappa shape index (κ1) is 14.3. The zero-order valence-electron chi connectivity index (χ0n) is 11.8. The van der Waals surface area contributed by atoms with Gasteiger partial charge in [0.2, 0.25) is 5.91 Å². The number of halogens is 1. The standard InChI is InChI=1S/C16H18BrN3O/c17-13-5-6-14-12(11-13)4-7-15(14)19-16(21)3-1-9-20-10-2-8-18-20/h2,5-6,8,10-11,15H,1,3-4,7,9H2,(H,19,21). The second-order valence-corrected chi connectivity index (χ2v) is 6.29. The monoisotopic (exact) mass is 347 g/mol. The van der Waals surface area contributed by atoms with Crippen LogP contribution >= 0.6 is 15.9 Å². The maximum absolute atomic E-state index is 12.1. The minimum absolute atomic E-state index is 0.128. The van der Waals surface area contributed by atoms with Crippen molar-refractivity contribution in [2.24, 2.45) is 0 Å². The average Bonchev–Trinajstić information content (AvgIpc) is 3.09. The summed E-state index contributed by atoms with van der Waals surface area (Å²) in [4.78, 5) is 12.1. The van der Waals surface area contributed by atoms with E-state index >= 15 is 0 Å². The summed E-state index contributed by atoms with van der Waals surface area (Å²) in [7, 11) is 0. The lowest BCUT2D eigenvalue weighted by Crippen LogP contribution is -2.27. The number of nitrogens with zero attached hydrogens (tertiary/aromatic N) is 2. The molecule has 5 heteroatoms. The number of rotatable bonds is 5. The van der Waals surface area contributed by atoms with E-state index in [2.05, 4.69) is 38.5 Å². The molecule has 1 amide bonds. The molecule has 21 heavy (non-hydrogen) atoms. The highest BCUT2D eigenvalue weighted by Gasteiger charge is 2.23. The van der Waals surface area contributed by atoms with Crippen LogP contribution in [-0.4, -0.2) is 15.7 Å². The van der Waals surface area contributed by atoms with E-state index in [1.807, 2.05) is 23.0 Å². The van der Waals surface area contributed by atoms with Crippen LogP contribution in [0.3, 0.4) is 0 Å². The maximum Gasteiger partial charge on any atom is 0.220 e. The number of carbonyl (C=O) groups is 1. The van der Waals surface area contributed by atoms with Crippen molar-refractivity contribution >= 4 is 21.8 Å². The lowest BCUT2D eigenvalue weighted by atomic mass is 10.1. The van der Waals surface area contributed by atoms with E-state index in [9.17, 15) is 4.79 Å². The van der Waals surface area contributed by atoms with Crippen molar-refractivity contribution in [1.29, 1.82) is 0 Å². The summed E-state index contributed by atoms with van der Waals surface area (Å²) in [5, 5.41) is 7.29. The van der Waals surface area contributed by atoms with Gasteiger partial charge in [0.15, 0.2) is 0 Å². The van der Waals surface area contributed by atoms with Gasteiger partial charge in [-0.15, -0.1) is 0 Å². The number of hydrogen-bond donors (Lipinski definition) is 1. The average molecular weight is 348 g/mol. The predicted molar refractivity (Wildman–Crippen MR) is 84.8 cm³/mol. The van der Waals surface area contributed by atoms with Gasteiger partial charge in [-0.05, 0) is 48.6 Å². The summed E-state index contributed by atoms with van der Waals surface area (Å²) >= 11 is 3.49. The molecule has 110 valence electrons. The molecule has 1 aliphatic carbocycles.